The Labute approximate surface area is 260 Å². The third-order valence-electron chi connectivity index (χ3n) is 9.90. The minimum absolute atomic E-state index is 0.0269. The first-order valence-electron chi connectivity index (χ1n) is 15.8. The van der Waals surface area contributed by atoms with Crippen molar-refractivity contribution in [1.82, 2.24) is 29.7 Å². The van der Waals surface area contributed by atoms with E-state index in [-0.39, 0.29) is 37.7 Å². The second-order valence-electron chi connectivity index (χ2n) is 12.7. The van der Waals surface area contributed by atoms with E-state index in [0.717, 1.165) is 56.3 Å². The number of piperazine rings is 1. The van der Waals surface area contributed by atoms with Gasteiger partial charge >= 0.3 is 6.01 Å². The third kappa shape index (κ3) is 5.47. The number of amides is 1. The van der Waals surface area contributed by atoms with Crippen LogP contribution >= 0.6 is 0 Å². The Morgan fingerprint density at radius 2 is 1.98 bits per heavy atom. The topological polar surface area (TPSA) is 111 Å². The Morgan fingerprint density at radius 1 is 1.11 bits per heavy atom. The van der Waals surface area contributed by atoms with Gasteiger partial charge in [0.1, 0.15) is 18.6 Å². The highest BCUT2D eigenvalue weighted by Crippen LogP contribution is 2.41. The van der Waals surface area contributed by atoms with E-state index in [0.29, 0.717) is 36.4 Å². The van der Waals surface area contributed by atoms with Crippen LogP contribution in [0.5, 0.6) is 6.01 Å². The van der Waals surface area contributed by atoms with Crippen LogP contribution in [0, 0.1) is 11.3 Å². The van der Waals surface area contributed by atoms with Crippen LogP contribution in [-0.2, 0) is 17.6 Å². The second-order valence-corrected chi connectivity index (χ2v) is 12.7. The summed E-state index contributed by atoms with van der Waals surface area (Å²) >= 11 is 0. The van der Waals surface area contributed by atoms with Crippen molar-refractivity contribution >= 4 is 22.8 Å². The van der Waals surface area contributed by atoms with E-state index < -0.39 is 23.9 Å². The summed E-state index contributed by atoms with van der Waals surface area (Å²) in [5, 5.41) is 10.2. The molecule has 3 aromatic rings. The SMILES string of the molecule is C=C(F)C(=O)N1CCN(c2nc(OC[C@@]34CCCN3C[C@H](F)C4)nc3nc(-c4cncc5c4CCCC5)ccc23)C[C@@H]1CC#N. The summed E-state index contributed by atoms with van der Waals surface area (Å²) in [7, 11) is 0. The Hall–Kier alpha value is -4.24. The molecule has 0 unspecified atom stereocenters. The van der Waals surface area contributed by atoms with Gasteiger partial charge in [0.15, 0.2) is 11.5 Å². The number of aryl methyl sites for hydroxylation is 1. The number of pyridine rings is 2. The highest BCUT2D eigenvalue weighted by molar-refractivity contribution is 5.92. The number of alkyl halides is 1. The predicted molar refractivity (Wildman–Crippen MR) is 164 cm³/mol. The Kier molecular flexibility index (Phi) is 7.81. The summed E-state index contributed by atoms with van der Waals surface area (Å²) in [6.07, 6.45) is 9.47. The quantitative estimate of drug-likeness (QED) is 0.359. The van der Waals surface area contributed by atoms with Crippen LogP contribution in [0.3, 0.4) is 0 Å². The number of hydrogen-bond donors (Lipinski definition) is 0. The number of anilines is 1. The van der Waals surface area contributed by atoms with Crippen LogP contribution in [0.15, 0.2) is 36.9 Å². The zero-order chi connectivity index (χ0) is 31.1. The smallest absolute Gasteiger partial charge is 0.320 e. The molecule has 0 N–H and O–H groups in total. The number of nitriles is 1. The number of carbonyl (C=O) groups excluding carboxylic acids is 1. The van der Waals surface area contributed by atoms with E-state index in [2.05, 4.69) is 22.5 Å². The van der Waals surface area contributed by atoms with Crippen LogP contribution in [0.1, 0.15) is 49.7 Å². The van der Waals surface area contributed by atoms with Crippen molar-refractivity contribution in [2.45, 2.75) is 69.1 Å². The predicted octanol–water partition coefficient (Wildman–Crippen LogP) is 4.33. The number of aromatic nitrogens is 4. The zero-order valence-electron chi connectivity index (χ0n) is 25.2. The molecular weight excluding hydrogens is 578 g/mol. The summed E-state index contributed by atoms with van der Waals surface area (Å²) in [6.45, 7) is 5.51. The van der Waals surface area contributed by atoms with Gasteiger partial charge < -0.3 is 14.5 Å². The van der Waals surface area contributed by atoms with Gasteiger partial charge in [-0.15, -0.1) is 0 Å². The summed E-state index contributed by atoms with van der Waals surface area (Å²) in [6, 6.07) is 5.61. The van der Waals surface area contributed by atoms with Crippen molar-refractivity contribution in [3.63, 3.8) is 0 Å². The second kappa shape index (κ2) is 11.9. The van der Waals surface area contributed by atoms with E-state index in [9.17, 15) is 18.8 Å². The first-order chi connectivity index (χ1) is 21.8. The van der Waals surface area contributed by atoms with Crippen LogP contribution in [0.25, 0.3) is 22.3 Å². The fraction of sp³-hybridized carbons (Fsp3) is 0.515. The number of nitrogens with zero attached hydrogens (tertiary/aromatic N) is 8. The molecule has 3 aromatic heterocycles. The Balaban J connectivity index is 1.27. The molecule has 12 heteroatoms. The van der Waals surface area contributed by atoms with Crippen molar-refractivity contribution in [3.05, 3.63) is 48.1 Å². The lowest BCUT2D eigenvalue weighted by atomic mass is 9.89. The molecule has 1 aliphatic carbocycles. The molecule has 4 aliphatic rings. The molecule has 3 saturated heterocycles. The average molecular weight is 615 g/mol. The van der Waals surface area contributed by atoms with Gasteiger partial charge in [-0.25, -0.2) is 13.8 Å². The standard InChI is InChI=1S/C33H36F2N8O2/c1-21(34)31(44)43-14-13-41(19-24(43)9-11-36)30-26-7-8-28(27-17-37-16-22-5-2-3-6-25(22)27)38-29(26)39-32(40-30)45-20-33-10-4-12-42(33)18-23(35)15-33/h7-8,16-17,23-24H,1-6,9-10,12-15,18-20H2/t23-,24+,33+/m1/s1. The third-order valence-corrected chi connectivity index (χ3v) is 9.90. The molecule has 0 bridgehead atoms. The van der Waals surface area contributed by atoms with Gasteiger partial charge in [-0.3, -0.25) is 14.7 Å². The maximum atomic E-state index is 14.5. The summed E-state index contributed by atoms with van der Waals surface area (Å²) in [5.74, 6) is -1.29. The number of ether oxygens (including phenoxy) is 1. The highest BCUT2D eigenvalue weighted by atomic mass is 19.1. The first kappa shape index (κ1) is 29.5. The van der Waals surface area contributed by atoms with Crippen molar-refractivity contribution in [2.75, 3.05) is 44.2 Å². The molecule has 45 heavy (non-hydrogen) atoms. The van der Waals surface area contributed by atoms with Gasteiger partial charge in [0.25, 0.3) is 5.91 Å². The summed E-state index contributed by atoms with van der Waals surface area (Å²) < 4.78 is 34.6. The zero-order valence-corrected chi connectivity index (χ0v) is 25.2. The lowest BCUT2D eigenvalue weighted by Gasteiger charge is -2.41. The number of hydrogen-bond acceptors (Lipinski definition) is 9. The van der Waals surface area contributed by atoms with E-state index in [1.54, 1.807) is 0 Å². The average Bonchev–Trinajstić information content (AvgIpc) is 3.58. The maximum Gasteiger partial charge on any atom is 0.320 e. The summed E-state index contributed by atoms with van der Waals surface area (Å²) in [4.78, 5) is 37.1. The van der Waals surface area contributed by atoms with Crippen molar-refractivity contribution in [1.29, 1.82) is 5.26 Å². The molecule has 1 amide bonds. The molecule has 3 aliphatic heterocycles. The van der Waals surface area contributed by atoms with E-state index in [1.165, 1.54) is 16.0 Å². The molecular formula is C33H36F2N8O2. The van der Waals surface area contributed by atoms with Gasteiger partial charge in [-0.05, 0) is 68.3 Å². The van der Waals surface area contributed by atoms with E-state index in [4.69, 9.17) is 19.7 Å². The van der Waals surface area contributed by atoms with Crippen molar-refractivity contribution in [3.8, 4) is 23.3 Å². The van der Waals surface area contributed by atoms with Crippen molar-refractivity contribution < 1.29 is 18.3 Å². The fourth-order valence-corrected chi connectivity index (χ4v) is 7.71. The number of carbonyl (C=O) groups is 1. The van der Waals surface area contributed by atoms with Gasteiger partial charge in [0, 0.05) is 50.6 Å². The molecule has 3 fully saturated rings. The molecule has 0 radical (unpaired) electrons. The molecule has 10 nitrogen and oxygen atoms in total. The number of halogens is 2. The van der Waals surface area contributed by atoms with Gasteiger partial charge in [-0.1, -0.05) is 6.58 Å². The van der Waals surface area contributed by atoms with E-state index in [1.807, 2.05) is 29.4 Å². The maximum absolute atomic E-state index is 14.5. The number of rotatable bonds is 7. The molecule has 6 heterocycles. The van der Waals surface area contributed by atoms with Crippen molar-refractivity contribution in [2.24, 2.45) is 0 Å². The van der Waals surface area contributed by atoms with Crippen LogP contribution in [-0.4, -0.2) is 92.7 Å². The lowest BCUT2D eigenvalue weighted by molar-refractivity contribution is -0.131. The minimum atomic E-state index is -1.05. The van der Waals surface area contributed by atoms with Gasteiger partial charge in [0.05, 0.1) is 35.2 Å². The Bertz CT molecular complexity index is 1700. The molecule has 0 aromatic carbocycles. The Morgan fingerprint density at radius 3 is 2.82 bits per heavy atom. The molecule has 3 atom stereocenters. The van der Waals surface area contributed by atoms with Gasteiger partial charge in [-0.2, -0.15) is 15.2 Å². The molecule has 0 spiro atoms. The highest BCUT2D eigenvalue weighted by Gasteiger charge is 2.49. The van der Waals surface area contributed by atoms with E-state index >= 15 is 0 Å². The fourth-order valence-electron chi connectivity index (χ4n) is 7.71. The molecule has 0 saturated carbocycles. The lowest BCUT2D eigenvalue weighted by Crippen LogP contribution is -2.55. The largest absolute Gasteiger partial charge is 0.461 e. The van der Waals surface area contributed by atoms with Crippen LogP contribution in [0.2, 0.25) is 0 Å². The van der Waals surface area contributed by atoms with Crippen LogP contribution < -0.4 is 9.64 Å². The number of fused-ring (bicyclic) bond motifs is 3. The normalized spacial score (nSPS) is 24.7. The summed E-state index contributed by atoms with van der Waals surface area (Å²) in [5.41, 5.74) is 4.35. The van der Waals surface area contributed by atoms with Gasteiger partial charge in [0.2, 0.25) is 0 Å². The van der Waals surface area contributed by atoms with Crippen LogP contribution in [0.4, 0.5) is 14.6 Å². The minimum Gasteiger partial charge on any atom is -0.461 e. The molecule has 7 rings (SSSR count). The monoisotopic (exact) mass is 614 g/mol. The first-order valence-corrected chi connectivity index (χ1v) is 15.8. The molecule has 234 valence electrons.